The summed E-state index contributed by atoms with van der Waals surface area (Å²) in [5.41, 5.74) is 0. The fourth-order valence-corrected chi connectivity index (χ4v) is 2.40. The van der Waals surface area contributed by atoms with E-state index in [4.69, 9.17) is 0 Å². The van der Waals surface area contributed by atoms with Gasteiger partial charge in [-0.25, -0.2) is 0 Å². The van der Waals surface area contributed by atoms with Crippen LogP contribution in [0.3, 0.4) is 0 Å². The molecule has 1 fully saturated rings. The number of carbonyl (C=O) groups excluding carboxylic acids is 1. The summed E-state index contributed by atoms with van der Waals surface area (Å²) in [5.74, 6) is 0.887. The summed E-state index contributed by atoms with van der Waals surface area (Å²) in [7, 11) is 0. The van der Waals surface area contributed by atoms with E-state index in [1.54, 1.807) is 11.8 Å². The maximum atomic E-state index is 11.7. The smallest absolute Gasteiger partial charge is 0.232 e. The van der Waals surface area contributed by atoms with Gasteiger partial charge < -0.3 is 10.2 Å². The normalized spacial score (nSPS) is 21.3. The van der Waals surface area contributed by atoms with E-state index < -0.39 is 0 Å². The molecule has 1 heterocycles. The predicted octanol–water partition coefficient (Wildman–Crippen LogP) is 1.34. The highest BCUT2D eigenvalue weighted by Crippen LogP contribution is 2.09. The number of likely N-dealkylation sites (N-methyl/N-ethyl adjacent to an activating group) is 1. The fourth-order valence-electron chi connectivity index (χ4n) is 1.97. The fraction of sp³-hybridized carbons (Fsp3) is 0.909. The van der Waals surface area contributed by atoms with Crippen LogP contribution >= 0.6 is 11.8 Å². The highest BCUT2D eigenvalue weighted by molar-refractivity contribution is 7.99. The standard InChI is InChI=1S/C11H22N2OS/c1-3-13(11(14)9-15-2)8-10-6-4-5-7-12-10/h10,12H,3-9H2,1-2H3. The molecule has 1 aliphatic rings. The maximum Gasteiger partial charge on any atom is 0.232 e. The van der Waals surface area contributed by atoms with Crippen LogP contribution in [0.5, 0.6) is 0 Å². The number of hydrogen-bond donors (Lipinski definition) is 1. The van der Waals surface area contributed by atoms with E-state index in [9.17, 15) is 4.79 Å². The van der Waals surface area contributed by atoms with E-state index in [-0.39, 0.29) is 5.91 Å². The van der Waals surface area contributed by atoms with Gasteiger partial charge in [-0.3, -0.25) is 4.79 Å². The Balaban J connectivity index is 2.34. The van der Waals surface area contributed by atoms with Crippen LogP contribution < -0.4 is 5.32 Å². The molecule has 1 atom stereocenters. The molecule has 1 saturated heterocycles. The Morgan fingerprint density at radius 2 is 2.33 bits per heavy atom. The number of carbonyl (C=O) groups is 1. The highest BCUT2D eigenvalue weighted by atomic mass is 32.2. The molecule has 0 bridgehead atoms. The van der Waals surface area contributed by atoms with E-state index >= 15 is 0 Å². The van der Waals surface area contributed by atoms with E-state index in [1.807, 2.05) is 11.2 Å². The first-order valence-corrected chi connectivity index (χ1v) is 7.17. The van der Waals surface area contributed by atoms with Gasteiger partial charge in [-0.2, -0.15) is 11.8 Å². The van der Waals surface area contributed by atoms with Gasteiger partial charge in [0.2, 0.25) is 5.91 Å². The van der Waals surface area contributed by atoms with Gasteiger partial charge >= 0.3 is 0 Å². The van der Waals surface area contributed by atoms with Gasteiger partial charge in [0, 0.05) is 19.1 Å². The Kier molecular flexibility index (Phi) is 6.10. The van der Waals surface area contributed by atoms with E-state index in [1.165, 1.54) is 19.3 Å². The SMILES string of the molecule is CCN(CC1CCCCN1)C(=O)CSC. The third kappa shape index (κ3) is 4.43. The Labute approximate surface area is 97.0 Å². The average Bonchev–Trinajstić information content (AvgIpc) is 2.27. The molecule has 1 N–H and O–H groups in total. The topological polar surface area (TPSA) is 32.3 Å². The van der Waals surface area contributed by atoms with Crippen LogP contribution in [0.2, 0.25) is 0 Å². The summed E-state index contributed by atoms with van der Waals surface area (Å²) in [6.45, 7) is 4.88. The van der Waals surface area contributed by atoms with Gasteiger partial charge in [0.25, 0.3) is 0 Å². The minimum atomic E-state index is 0.275. The van der Waals surface area contributed by atoms with Crippen LogP contribution in [-0.2, 0) is 4.79 Å². The van der Waals surface area contributed by atoms with Crippen LogP contribution in [0.4, 0.5) is 0 Å². The minimum Gasteiger partial charge on any atom is -0.341 e. The number of amides is 1. The molecular formula is C11H22N2OS. The number of nitrogens with one attached hydrogen (secondary N) is 1. The minimum absolute atomic E-state index is 0.275. The van der Waals surface area contributed by atoms with Gasteiger partial charge in [0.15, 0.2) is 0 Å². The molecular weight excluding hydrogens is 208 g/mol. The van der Waals surface area contributed by atoms with Crippen molar-refractivity contribution in [1.82, 2.24) is 10.2 Å². The molecule has 0 aromatic heterocycles. The zero-order chi connectivity index (χ0) is 11.1. The molecule has 1 unspecified atom stereocenters. The lowest BCUT2D eigenvalue weighted by Gasteiger charge is -2.29. The number of piperidine rings is 1. The number of thioether (sulfide) groups is 1. The van der Waals surface area contributed by atoms with Crippen LogP contribution in [0, 0.1) is 0 Å². The summed E-state index contributed by atoms with van der Waals surface area (Å²) >= 11 is 1.60. The molecule has 88 valence electrons. The average molecular weight is 230 g/mol. The molecule has 1 aliphatic heterocycles. The summed E-state index contributed by atoms with van der Waals surface area (Å²) in [5, 5.41) is 3.48. The first-order valence-electron chi connectivity index (χ1n) is 5.78. The van der Waals surface area contributed by atoms with Gasteiger partial charge in [-0.05, 0) is 32.6 Å². The first-order chi connectivity index (χ1) is 7.27. The molecule has 0 aromatic rings. The number of hydrogen-bond acceptors (Lipinski definition) is 3. The Morgan fingerprint density at radius 3 is 2.87 bits per heavy atom. The molecule has 0 aliphatic carbocycles. The van der Waals surface area contributed by atoms with E-state index in [0.29, 0.717) is 11.8 Å². The molecule has 0 saturated carbocycles. The lowest BCUT2D eigenvalue weighted by atomic mass is 10.0. The van der Waals surface area contributed by atoms with Crippen molar-refractivity contribution in [3.63, 3.8) is 0 Å². The molecule has 0 aromatic carbocycles. The second kappa shape index (κ2) is 7.12. The largest absolute Gasteiger partial charge is 0.341 e. The molecule has 15 heavy (non-hydrogen) atoms. The third-order valence-electron chi connectivity index (χ3n) is 2.86. The summed E-state index contributed by atoms with van der Waals surface area (Å²) in [6, 6.07) is 0.518. The second-order valence-electron chi connectivity index (χ2n) is 4.01. The quantitative estimate of drug-likeness (QED) is 0.773. The van der Waals surface area contributed by atoms with Gasteiger partial charge in [-0.1, -0.05) is 6.42 Å². The lowest BCUT2D eigenvalue weighted by molar-refractivity contribution is -0.128. The number of rotatable bonds is 5. The van der Waals surface area contributed by atoms with Gasteiger partial charge in [0.05, 0.1) is 5.75 Å². The predicted molar refractivity (Wildman–Crippen MR) is 66.3 cm³/mol. The number of nitrogens with zero attached hydrogens (tertiary/aromatic N) is 1. The molecule has 3 nitrogen and oxygen atoms in total. The molecule has 1 rings (SSSR count). The highest BCUT2D eigenvalue weighted by Gasteiger charge is 2.18. The molecule has 4 heteroatoms. The first kappa shape index (κ1) is 12.8. The van der Waals surface area contributed by atoms with Crippen molar-refractivity contribution in [2.75, 3.05) is 31.6 Å². The van der Waals surface area contributed by atoms with Crippen molar-refractivity contribution in [2.45, 2.75) is 32.2 Å². The van der Waals surface area contributed by atoms with Crippen LogP contribution in [0.25, 0.3) is 0 Å². The van der Waals surface area contributed by atoms with Gasteiger partial charge in [0.1, 0.15) is 0 Å². The Hall–Kier alpha value is -0.220. The summed E-state index contributed by atoms with van der Waals surface area (Å²) in [4.78, 5) is 13.7. The van der Waals surface area contributed by atoms with Crippen LogP contribution in [0.15, 0.2) is 0 Å². The molecule has 1 amide bonds. The zero-order valence-electron chi connectivity index (χ0n) is 9.79. The third-order valence-corrected chi connectivity index (χ3v) is 3.39. The molecule has 0 radical (unpaired) electrons. The van der Waals surface area contributed by atoms with Crippen molar-refractivity contribution in [3.8, 4) is 0 Å². The van der Waals surface area contributed by atoms with Crippen molar-refractivity contribution < 1.29 is 4.79 Å². The van der Waals surface area contributed by atoms with E-state index in [2.05, 4.69) is 12.2 Å². The lowest BCUT2D eigenvalue weighted by Crippen LogP contribution is -2.46. The van der Waals surface area contributed by atoms with Crippen molar-refractivity contribution in [3.05, 3.63) is 0 Å². The zero-order valence-corrected chi connectivity index (χ0v) is 10.6. The van der Waals surface area contributed by atoms with Gasteiger partial charge in [-0.15, -0.1) is 0 Å². The second-order valence-corrected chi connectivity index (χ2v) is 4.88. The Bertz CT molecular complexity index is 193. The monoisotopic (exact) mass is 230 g/mol. The van der Waals surface area contributed by atoms with Crippen LogP contribution in [-0.4, -0.2) is 48.5 Å². The van der Waals surface area contributed by atoms with Crippen molar-refractivity contribution >= 4 is 17.7 Å². The summed E-state index contributed by atoms with van der Waals surface area (Å²) in [6.07, 6.45) is 5.76. The Morgan fingerprint density at radius 1 is 1.53 bits per heavy atom. The maximum absolute atomic E-state index is 11.7. The van der Waals surface area contributed by atoms with E-state index in [0.717, 1.165) is 19.6 Å². The van der Waals surface area contributed by atoms with Crippen molar-refractivity contribution in [2.24, 2.45) is 0 Å². The summed E-state index contributed by atoms with van der Waals surface area (Å²) < 4.78 is 0. The van der Waals surface area contributed by atoms with Crippen LogP contribution in [0.1, 0.15) is 26.2 Å². The van der Waals surface area contributed by atoms with Crippen molar-refractivity contribution in [1.29, 1.82) is 0 Å². The molecule has 0 spiro atoms.